The minimum atomic E-state index is 0.0579. The first-order valence-corrected chi connectivity index (χ1v) is 19.7. The molecule has 0 fully saturated rings. The Morgan fingerprint density at radius 1 is 0.509 bits per heavy atom. The van der Waals surface area contributed by atoms with Crippen LogP contribution in [0.1, 0.15) is 46.2 Å². The predicted molar refractivity (Wildman–Crippen MR) is 233 cm³/mol. The molecule has 4 nitrogen and oxygen atoms in total. The molecule has 2 aliphatic rings. The fourth-order valence-corrected chi connectivity index (χ4v) is 8.54. The van der Waals surface area contributed by atoms with Crippen molar-refractivity contribution in [2.24, 2.45) is 0 Å². The molecule has 57 heavy (non-hydrogen) atoms. The minimum Gasteiger partial charge on any atom is -0.460 e. The van der Waals surface area contributed by atoms with Gasteiger partial charge in [0.25, 0.3) is 0 Å². The van der Waals surface area contributed by atoms with Crippen LogP contribution in [0.3, 0.4) is 0 Å². The maximum atomic E-state index is 6.53. The molecule has 0 radical (unpaired) electrons. The molecule has 4 heteroatoms. The van der Waals surface area contributed by atoms with Crippen LogP contribution in [-0.4, -0.2) is 15.0 Å². The number of nitrogens with zero attached hydrogens (tertiary/aromatic N) is 3. The van der Waals surface area contributed by atoms with Gasteiger partial charge in [0.1, 0.15) is 17.2 Å². The van der Waals surface area contributed by atoms with Crippen molar-refractivity contribution < 1.29 is 4.42 Å². The first kappa shape index (κ1) is 33.2. The van der Waals surface area contributed by atoms with E-state index in [0.717, 1.165) is 58.3 Å². The van der Waals surface area contributed by atoms with Gasteiger partial charge in [0, 0.05) is 34.4 Å². The highest BCUT2D eigenvalue weighted by molar-refractivity contribution is 6.01. The van der Waals surface area contributed by atoms with Crippen molar-refractivity contribution in [2.45, 2.75) is 25.2 Å². The molecule has 2 heterocycles. The van der Waals surface area contributed by atoms with Gasteiger partial charge in [-0.25, -0.2) is 15.0 Å². The molecule has 0 amide bonds. The first-order valence-electron chi connectivity index (χ1n) is 19.7. The lowest BCUT2D eigenvalue weighted by Gasteiger charge is -2.19. The van der Waals surface area contributed by atoms with Crippen molar-refractivity contribution in [2.75, 3.05) is 0 Å². The van der Waals surface area contributed by atoms with E-state index in [0.29, 0.717) is 11.6 Å². The van der Waals surface area contributed by atoms with Crippen LogP contribution in [0.5, 0.6) is 0 Å². The van der Waals surface area contributed by atoms with Gasteiger partial charge in [-0.1, -0.05) is 158 Å². The number of hydrogen-bond acceptors (Lipinski definition) is 4. The van der Waals surface area contributed by atoms with Crippen LogP contribution in [0.25, 0.3) is 78.4 Å². The lowest BCUT2D eigenvalue weighted by molar-refractivity contribution is 0.545. The van der Waals surface area contributed by atoms with Crippen LogP contribution in [0.4, 0.5) is 0 Å². The average Bonchev–Trinajstić information content (AvgIpc) is 3.67. The van der Waals surface area contributed by atoms with E-state index in [2.05, 4.69) is 164 Å². The molecule has 11 rings (SSSR count). The lowest BCUT2D eigenvalue weighted by atomic mass is 9.88. The Hall–Kier alpha value is -7.17. The molecule has 1 atom stereocenters. The molecule has 1 unspecified atom stereocenters. The maximum Gasteiger partial charge on any atom is 0.163 e. The summed E-state index contributed by atoms with van der Waals surface area (Å²) in [5.41, 5.74) is 13.8. The van der Waals surface area contributed by atoms with Gasteiger partial charge in [0.15, 0.2) is 11.6 Å². The van der Waals surface area contributed by atoms with Crippen LogP contribution in [0, 0.1) is 0 Å². The van der Waals surface area contributed by atoms with Crippen LogP contribution in [-0.2, 0) is 12.8 Å². The molecule has 9 aromatic rings. The van der Waals surface area contributed by atoms with Crippen LogP contribution >= 0.6 is 0 Å². The molecule has 0 saturated carbocycles. The van der Waals surface area contributed by atoms with Crippen molar-refractivity contribution in [3.63, 3.8) is 0 Å². The third-order valence-electron chi connectivity index (χ3n) is 11.5. The summed E-state index contributed by atoms with van der Waals surface area (Å²) in [6, 6.07) is 58.1. The van der Waals surface area contributed by atoms with Gasteiger partial charge >= 0.3 is 0 Å². The molecule has 0 saturated heterocycles. The van der Waals surface area contributed by atoms with Crippen molar-refractivity contribution in [3.05, 3.63) is 210 Å². The summed E-state index contributed by atoms with van der Waals surface area (Å²) >= 11 is 0. The van der Waals surface area contributed by atoms with Crippen molar-refractivity contribution in [1.82, 2.24) is 15.0 Å². The second kappa shape index (κ2) is 13.8. The third-order valence-corrected chi connectivity index (χ3v) is 11.5. The van der Waals surface area contributed by atoms with E-state index in [4.69, 9.17) is 19.4 Å². The van der Waals surface area contributed by atoms with E-state index in [9.17, 15) is 0 Å². The van der Waals surface area contributed by atoms with Crippen molar-refractivity contribution >= 4 is 33.4 Å². The Labute approximate surface area is 331 Å². The number of hydrogen-bond donors (Lipinski definition) is 0. The summed E-state index contributed by atoms with van der Waals surface area (Å²) < 4.78 is 6.53. The summed E-state index contributed by atoms with van der Waals surface area (Å²) in [6.45, 7) is 0. The molecule has 0 spiro atoms. The predicted octanol–water partition coefficient (Wildman–Crippen LogP) is 13.2. The Balaban J connectivity index is 0.963. The molecule has 0 bridgehead atoms. The van der Waals surface area contributed by atoms with E-state index in [1.165, 1.54) is 55.5 Å². The van der Waals surface area contributed by atoms with Gasteiger partial charge in [0.2, 0.25) is 0 Å². The topological polar surface area (TPSA) is 51.8 Å². The molecule has 270 valence electrons. The number of fused-ring (bicyclic) bond motifs is 5. The van der Waals surface area contributed by atoms with Gasteiger partial charge in [-0.05, 0) is 92.4 Å². The Morgan fingerprint density at radius 3 is 1.95 bits per heavy atom. The van der Waals surface area contributed by atoms with Crippen LogP contribution < -0.4 is 0 Å². The monoisotopic (exact) mass is 731 g/mol. The summed E-state index contributed by atoms with van der Waals surface area (Å²) in [4.78, 5) is 15.3. The molecule has 2 aliphatic carbocycles. The fourth-order valence-electron chi connectivity index (χ4n) is 8.54. The van der Waals surface area contributed by atoms with E-state index >= 15 is 0 Å². The molecular weight excluding hydrogens is 695 g/mol. The van der Waals surface area contributed by atoms with E-state index in [1.807, 2.05) is 18.2 Å². The minimum absolute atomic E-state index is 0.0579. The molecule has 7 aromatic carbocycles. The smallest absolute Gasteiger partial charge is 0.163 e. The molecule has 2 aromatic heterocycles. The van der Waals surface area contributed by atoms with E-state index in [-0.39, 0.29) is 5.92 Å². The molecule has 0 N–H and O–H groups in total. The number of rotatable bonds is 6. The van der Waals surface area contributed by atoms with Gasteiger partial charge in [-0.15, -0.1) is 0 Å². The number of benzene rings is 7. The highest BCUT2D eigenvalue weighted by Gasteiger charge is 2.24. The van der Waals surface area contributed by atoms with Crippen molar-refractivity contribution in [1.29, 1.82) is 0 Å². The van der Waals surface area contributed by atoms with Crippen LogP contribution in [0.15, 0.2) is 180 Å². The van der Waals surface area contributed by atoms with E-state index < -0.39 is 0 Å². The maximum absolute atomic E-state index is 6.53. The number of aryl methyl sites for hydroxylation is 1. The summed E-state index contributed by atoms with van der Waals surface area (Å²) in [5, 5.41) is 3.46. The summed E-state index contributed by atoms with van der Waals surface area (Å²) in [5.74, 6) is 3.27. The Kier molecular flexibility index (Phi) is 8.06. The normalized spacial score (nSPS) is 14.7. The Bertz CT molecular complexity index is 3030. The SMILES string of the molecule is C1=CC(c2nc(-c3ccccc3)nc(-c3ccc4ccc(C5=CCCc6oc7ccc(-c8ccc(-c9ccccc9)cc8)cc7c65)cc4c3)n2)Cc2ccccc21. The number of furan rings is 1. The zero-order valence-electron chi connectivity index (χ0n) is 31.3. The number of allylic oxidation sites excluding steroid dienone is 2. The third kappa shape index (κ3) is 6.16. The zero-order valence-corrected chi connectivity index (χ0v) is 31.3. The van der Waals surface area contributed by atoms with E-state index in [1.54, 1.807) is 0 Å². The summed E-state index contributed by atoms with van der Waals surface area (Å²) in [6.07, 6.45) is 9.49. The zero-order chi connectivity index (χ0) is 37.7. The van der Waals surface area contributed by atoms with Crippen LogP contribution in [0.2, 0.25) is 0 Å². The standard InChI is InChI=1S/C53H37N3O/c1-3-10-34(11-4-1)36-18-20-37(21-19-36)41-28-29-48-47(33-41)50-46(16-9-17-49(50)57-48)42-25-22-38-24-27-44(32-45(38)31-42)53-55-51(39-13-5-2-6-14-39)54-52(56-53)43-26-23-35-12-7-8-15-40(35)30-43/h1-8,10-16,18-29,31-33,43H,9,17,30H2. The number of aromatic nitrogens is 3. The highest BCUT2D eigenvalue weighted by atomic mass is 16.3. The van der Waals surface area contributed by atoms with Gasteiger partial charge in [0.05, 0.1) is 0 Å². The quantitative estimate of drug-likeness (QED) is 0.171. The molecule has 0 aliphatic heterocycles. The lowest BCUT2D eigenvalue weighted by Crippen LogP contribution is -2.12. The Morgan fingerprint density at radius 2 is 1.14 bits per heavy atom. The summed E-state index contributed by atoms with van der Waals surface area (Å²) in [7, 11) is 0. The highest BCUT2D eigenvalue weighted by Crippen LogP contribution is 2.42. The van der Waals surface area contributed by atoms with Gasteiger partial charge in [-0.2, -0.15) is 0 Å². The molecular formula is C53H37N3O. The second-order valence-electron chi connectivity index (χ2n) is 15.1. The first-order chi connectivity index (χ1) is 28.2. The van der Waals surface area contributed by atoms with Gasteiger partial charge in [-0.3, -0.25) is 0 Å². The second-order valence-corrected chi connectivity index (χ2v) is 15.1. The fraction of sp³-hybridized carbons (Fsp3) is 0.0755. The van der Waals surface area contributed by atoms with Crippen molar-refractivity contribution in [3.8, 4) is 45.0 Å². The largest absolute Gasteiger partial charge is 0.460 e. The average molecular weight is 732 g/mol. The van der Waals surface area contributed by atoms with Gasteiger partial charge < -0.3 is 4.42 Å².